The van der Waals surface area contributed by atoms with Gasteiger partial charge in [0.15, 0.2) is 5.56 Å². The number of halogens is 11. The Balaban J connectivity index is 0.000000287. The van der Waals surface area contributed by atoms with Gasteiger partial charge in [-0.25, -0.2) is 33.2 Å². The maximum absolute atomic E-state index is 12.9. The minimum absolute atomic E-state index is 0. The molecular formula is C103H138Cl4F7N15O15. The summed E-state index contributed by atoms with van der Waals surface area (Å²) in [6, 6.07) is 64.0. The molecule has 0 spiro atoms. The van der Waals surface area contributed by atoms with Crippen LogP contribution in [0.4, 0.5) is 45.1 Å². The quantitative estimate of drug-likeness (QED) is 0.0233. The van der Waals surface area contributed by atoms with Gasteiger partial charge in [-0.05, 0) is 137 Å². The van der Waals surface area contributed by atoms with Gasteiger partial charge < -0.3 is 74.0 Å². The molecule has 30 nitrogen and oxygen atoms in total. The lowest BCUT2D eigenvalue weighted by atomic mass is 9.91. The smallest absolute Gasteiger partial charge is 0.478 e. The molecule has 10 heterocycles. The van der Waals surface area contributed by atoms with Crippen LogP contribution in [0, 0.1) is 11.7 Å². The highest BCUT2D eigenvalue weighted by atomic mass is 35.5. The van der Waals surface area contributed by atoms with Gasteiger partial charge in [-0.15, -0.1) is 23.2 Å². The number of amides is 6. The third kappa shape index (κ3) is 45.3. The lowest BCUT2D eigenvalue weighted by Crippen LogP contribution is -2.63. The molecule has 0 aliphatic carbocycles. The van der Waals surface area contributed by atoms with Crippen molar-refractivity contribution >= 4 is 116 Å². The number of alkyl halides is 9. The van der Waals surface area contributed by atoms with E-state index in [0.29, 0.717) is 44.3 Å². The van der Waals surface area contributed by atoms with Gasteiger partial charge in [-0.2, -0.15) is 26.3 Å². The molecule has 6 aromatic carbocycles. The lowest BCUT2D eigenvalue weighted by Gasteiger charge is -2.51. The monoisotopic (exact) mass is 2100 g/mol. The van der Waals surface area contributed by atoms with E-state index in [0.717, 1.165) is 159 Å². The average Bonchev–Trinajstić information content (AvgIpc) is 1.43. The summed E-state index contributed by atoms with van der Waals surface area (Å²) in [4.78, 5) is 132. The number of likely N-dealkylation sites (tertiary alicyclic amines) is 2. The Hall–Kier alpha value is -11.1. The van der Waals surface area contributed by atoms with Crippen molar-refractivity contribution in [2.24, 2.45) is 5.92 Å². The van der Waals surface area contributed by atoms with E-state index in [1.807, 2.05) is 91.3 Å². The van der Waals surface area contributed by atoms with Crippen LogP contribution >= 0.6 is 46.4 Å². The van der Waals surface area contributed by atoms with Crippen LogP contribution in [0.5, 0.6) is 0 Å². The van der Waals surface area contributed by atoms with E-state index in [1.54, 1.807) is 85.1 Å². The van der Waals surface area contributed by atoms with E-state index < -0.39 is 46.9 Å². The van der Waals surface area contributed by atoms with Gasteiger partial charge in [0.1, 0.15) is 17.0 Å². The Bertz CT molecular complexity index is 5010. The number of benzene rings is 6. The molecule has 6 amide bonds. The SMILES string of the molecule is C.CC(=O)N1CCN(C(=O)OC(C)(C)C)CC1.CC(=O)N1CCN(C2CN(C(c3ccccc3)c3ccccc3)C2)CC1.CC(=O)N1CCN(C2CNC2)CC1.CC(=O)N1CCNCC1.CC(C)(C)OC(=O)N1CCNCC1.CC(Cl)OC(=O)Cl.CC1CN(C(c2ccccc2)c2ccccc2)C1.ClCCl.O=C(O)c1ccc2c(ccn2-c2ccc(F)cc2)c1.O=C(OC(=O)C(F)(F)F)C(F)(F)F.c1ccncc1. The highest BCUT2D eigenvalue weighted by Crippen LogP contribution is 2.36. The van der Waals surface area contributed by atoms with Crippen molar-refractivity contribution in [2.45, 2.75) is 144 Å². The summed E-state index contributed by atoms with van der Waals surface area (Å²) >= 11 is 19.4. The maximum Gasteiger partial charge on any atom is 0.491 e. The zero-order valence-electron chi connectivity index (χ0n) is 82.9. The first-order valence-corrected chi connectivity index (χ1v) is 48.8. The fourth-order valence-corrected chi connectivity index (χ4v) is 15.7. The molecule has 8 fully saturated rings. The van der Waals surface area contributed by atoms with E-state index in [2.05, 4.69) is 178 Å². The number of carboxylic acids is 1. The summed E-state index contributed by atoms with van der Waals surface area (Å²) in [5.74, 6) is -6.13. The molecule has 0 radical (unpaired) electrons. The van der Waals surface area contributed by atoms with Crippen LogP contribution in [0.3, 0.4) is 0 Å². The van der Waals surface area contributed by atoms with E-state index in [1.165, 1.54) is 54.4 Å². The van der Waals surface area contributed by atoms with Gasteiger partial charge in [0.2, 0.25) is 23.6 Å². The van der Waals surface area contributed by atoms with Crippen molar-refractivity contribution in [1.29, 1.82) is 0 Å². The molecule has 2 aromatic heterocycles. The molecule has 0 bridgehead atoms. The number of carboxylic acid groups (broad SMARTS) is 1. The van der Waals surface area contributed by atoms with Crippen LogP contribution in [0.2, 0.25) is 0 Å². The number of ether oxygens (including phenoxy) is 4. The number of hydrogen-bond acceptors (Lipinski definition) is 22. The molecule has 144 heavy (non-hydrogen) atoms. The van der Waals surface area contributed by atoms with E-state index in [4.69, 9.17) is 61.0 Å². The number of esters is 2. The zero-order chi connectivity index (χ0) is 106. The maximum atomic E-state index is 12.9. The second kappa shape index (κ2) is 62.7. The van der Waals surface area contributed by atoms with Crippen molar-refractivity contribution in [1.82, 2.24) is 74.5 Å². The number of pyridine rings is 1. The van der Waals surface area contributed by atoms with Gasteiger partial charge in [0, 0.05) is 251 Å². The number of piperazine rings is 5. The van der Waals surface area contributed by atoms with E-state index >= 15 is 0 Å². The number of carbonyl (C=O) groups is 10. The van der Waals surface area contributed by atoms with Crippen LogP contribution in [0.15, 0.2) is 207 Å². The Kier molecular flexibility index (Phi) is 53.7. The second-order valence-corrected chi connectivity index (χ2v) is 37.6. The van der Waals surface area contributed by atoms with Crippen LogP contribution in [-0.2, 0) is 47.7 Å². The molecule has 1 atom stereocenters. The van der Waals surface area contributed by atoms with Gasteiger partial charge >= 0.3 is 47.9 Å². The standard InChI is InChI=1S/C22H27N3O.C17H19N.C15H10FNO2.C11H20N2O3.C9H17N3O.C9H18N2O2.C6H12N2O.C5H5N.C4F6O3.C3H4Cl2O2.CH2Cl2.CH4/c1-18(26)23-12-14-24(15-13-23)21-16-25(17-21)22(19-8-4-2-5-9-19)20-10-6-3-7-11-20;1-14-12-18(13-14)17(15-8-4-2-5-9-15)16-10-6-3-7-11-16;16-12-2-4-13(5-3-12)17-8-7-10-9-11(15(18)19)1-6-14(10)17;1-9(14)12-5-7-13(8-6-12)10(15)16-11(2,3)4;1-8(13)11-2-4-12(5-3-11)9-6-10-7-9;1-9(2,3)13-8(12)11-6-4-10-5-7-11;1-6(9)8-4-2-7-3-5-8;1-2-4-6-5-3-1;5-3(6,7)1(11)13-2(12)4(8,9)10;1-2(4)7-3(5)6;2-1-3;/h2-11,21-22H,12-17H2,1H3;2-11,14,17H,12-13H2,1H3;1-9H,(H,18,19);5-8H2,1-4H3;9-10H,2-7H2,1H3;10H,4-7H2,1-3H3;7H,2-5H2,1H3;1-5H;;2H,1H3;1H2;1H4. The first-order chi connectivity index (χ1) is 67.7. The molecular weight excluding hydrogens is 1960 g/mol. The molecule has 8 saturated heterocycles. The van der Waals surface area contributed by atoms with Crippen molar-refractivity contribution < 1.29 is 103 Å². The first-order valence-electron chi connectivity index (χ1n) is 46.9. The van der Waals surface area contributed by atoms with Crippen molar-refractivity contribution in [3.8, 4) is 5.69 Å². The third-order valence-electron chi connectivity index (χ3n) is 22.7. The summed E-state index contributed by atoms with van der Waals surface area (Å²) < 4.78 is 99.1. The highest BCUT2D eigenvalue weighted by Gasteiger charge is 2.49. The predicted molar refractivity (Wildman–Crippen MR) is 544 cm³/mol. The van der Waals surface area contributed by atoms with Gasteiger partial charge in [-0.1, -0.05) is 153 Å². The Morgan fingerprint density at radius 3 is 1.08 bits per heavy atom. The summed E-state index contributed by atoms with van der Waals surface area (Å²) in [6.45, 7) is 45.1. The minimum atomic E-state index is -5.62. The van der Waals surface area contributed by atoms with Gasteiger partial charge in [0.25, 0.3) is 0 Å². The Morgan fingerprint density at radius 1 is 0.451 bits per heavy atom. The van der Waals surface area contributed by atoms with Crippen molar-refractivity contribution in [3.63, 3.8) is 0 Å². The third-order valence-corrected chi connectivity index (χ3v) is 22.9. The largest absolute Gasteiger partial charge is 0.491 e. The normalized spacial score (nSPS) is 16.4. The number of carbonyl (C=O) groups excluding carboxylic acids is 9. The summed E-state index contributed by atoms with van der Waals surface area (Å²) in [5.41, 5.74) is 5.13. The number of nitrogens with one attached hydrogen (secondary N) is 3. The van der Waals surface area contributed by atoms with E-state index in [9.17, 15) is 78.7 Å². The zero-order valence-corrected chi connectivity index (χ0v) is 85.9. The predicted octanol–water partition coefficient (Wildman–Crippen LogP) is 16.6. The Morgan fingerprint density at radius 2 is 0.785 bits per heavy atom. The van der Waals surface area contributed by atoms with Crippen LogP contribution in [0.25, 0.3) is 16.6 Å². The molecule has 8 aliphatic rings. The molecule has 4 N–H and O–H groups in total. The topological polar surface area (TPSA) is 314 Å². The minimum Gasteiger partial charge on any atom is -0.478 e. The number of fused-ring (bicyclic) bond motifs is 1. The second-order valence-electron chi connectivity index (χ2n) is 35.9. The number of nitrogens with zero attached hydrogens (tertiary/aromatic N) is 12. The van der Waals surface area contributed by atoms with Crippen LogP contribution < -0.4 is 16.0 Å². The number of aromatic carboxylic acids is 1. The van der Waals surface area contributed by atoms with Gasteiger partial charge in [-0.3, -0.25) is 43.8 Å². The van der Waals surface area contributed by atoms with Crippen molar-refractivity contribution in [3.05, 3.63) is 240 Å². The van der Waals surface area contributed by atoms with E-state index in [-0.39, 0.29) is 65.6 Å². The highest BCUT2D eigenvalue weighted by molar-refractivity contribution is 6.61. The van der Waals surface area contributed by atoms with Crippen LogP contribution in [-0.4, -0.2) is 340 Å². The fraction of sp³-hybridized carbons (Fsp3) is 0.485. The molecule has 792 valence electrons. The molecule has 16 rings (SSSR count). The molecule has 41 heteroatoms. The molecule has 8 aromatic rings. The number of aromatic nitrogens is 2. The first kappa shape index (κ1) is 123. The summed E-state index contributed by atoms with van der Waals surface area (Å²) in [5, 5.41) is 19.6. The lowest BCUT2D eigenvalue weighted by molar-refractivity contribution is -0.221. The fourth-order valence-electron chi connectivity index (χ4n) is 15.4. The number of rotatable bonds is 11. The Labute approximate surface area is 859 Å². The average molecular weight is 2100 g/mol. The molecule has 1 unspecified atom stereocenters. The number of hydrogen-bond donors (Lipinski definition) is 4. The summed E-state index contributed by atoms with van der Waals surface area (Å²) in [7, 11) is 0. The molecule has 8 aliphatic heterocycles. The van der Waals surface area contributed by atoms with Gasteiger partial charge in [0.05, 0.1) is 28.5 Å². The molecule has 0 saturated carbocycles. The van der Waals surface area contributed by atoms with Crippen LogP contribution in [0.1, 0.15) is 135 Å². The van der Waals surface area contributed by atoms with Crippen molar-refractivity contribution in [2.75, 3.05) is 176 Å². The summed E-state index contributed by atoms with van der Waals surface area (Å²) in [6.07, 6.45) is -6.41.